The highest BCUT2D eigenvalue weighted by Gasteiger charge is 2.07. The van der Waals surface area contributed by atoms with Crippen molar-refractivity contribution in [1.29, 1.82) is 0 Å². The summed E-state index contributed by atoms with van der Waals surface area (Å²) in [4.78, 5) is 10.7. The number of rotatable bonds is 5. The lowest BCUT2D eigenvalue weighted by Gasteiger charge is -2.09. The maximum absolute atomic E-state index is 10.7. The Bertz CT molecular complexity index is 944. The number of aromatic nitrogens is 2. The smallest absolute Gasteiger partial charge is 0.404 e. The van der Waals surface area contributed by atoms with Crippen LogP contribution in [0.1, 0.15) is 27.8 Å². The molecule has 0 spiro atoms. The molecular weight excluding hydrogens is 326 g/mol. The van der Waals surface area contributed by atoms with Gasteiger partial charge in [0.05, 0.1) is 12.2 Å². The molecule has 26 heavy (non-hydrogen) atoms. The lowest BCUT2D eigenvalue weighted by atomic mass is 10.0. The number of hydrogen-bond acceptors (Lipinski definition) is 2. The highest BCUT2D eigenvalue weighted by atomic mass is 16.4. The fourth-order valence-corrected chi connectivity index (χ4v) is 3.07. The molecule has 3 rings (SSSR count). The number of amides is 1. The van der Waals surface area contributed by atoms with Crippen molar-refractivity contribution in [2.24, 2.45) is 0 Å². The van der Waals surface area contributed by atoms with Crippen LogP contribution in [0.25, 0.3) is 11.3 Å². The molecule has 0 aliphatic carbocycles. The second kappa shape index (κ2) is 7.44. The summed E-state index contributed by atoms with van der Waals surface area (Å²) in [6.45, 7) is 7.12. The maximum Gasteiger partial charge on any atom is 0.404 e. The second-order valence-corrected chi connectivity index (χ2v) is 6.64. The van der Waals surface area contributed by atoms with E-state index in [4.69, 9.17) is 10.2 Å². The van der Waals surface area contributed by atoms with Gasteiger partial charge in [0.2, 0.25) is 0 Å². The Kier molecular flexibility index (Phi) is 5.07. The number of carbonyl (C=O) groups is 1. The van der Waals surface area contributed by atoms with Crippen LogP contribution in [-0.2, 0) is 13.1 Å². The summed E-state index contributed by atoms with van der Waals surface area (Å²) in [5.41, 5.74) is 7.70. The molecule has 0 atom stereocenters. The molecule has 0 aliphatic rings. The van der Waals surface area contributed by atoms with Gasteiger partial charge in [0.15, 0.2) is 0 Å². The highest BCUT2D eigenvalue weighted by Crippen LogP contribution is 2.22. The summed E-state index contributed by atoms with van der Waals surface area (Å²) in [5, 5.41) is 15.9. The van der Waals surface area contributed by atoms with Gasteiger partial charge in [-0.3, -0.25) is 4.68 Å². The zero-order chi connectivity index (χ0) is 18.7. The first-order chi connectivity index (χ1) is 12.4. The van der Waals surface area contributed by atoms with E-state index in [1.165, 1.54) is 11.1 Å². The predicted molar refractivity (Wildman–Crippen MR) is 102 cm³/mol. The maximum atomic E-state index is 10.7. The van der Waals surface area contributed by atoms with Crippen LogP contribution in [0.5, 0.6) is 0 Å². The zero-order valence-corrected chi connectivity index (χ0v) is 15.3. The summed E-state index contributed by atoms with van der Waals surface area (Å²) >= 11 is 0. The van der Waals surface area contributed by atoms with Crippen molar-refractivity contribution in [2.75, 3.05) is 0 Å². The van der Waals surface area contributed by atoms with Crippen LogP contribution >= 0.6 is 0 Å². The lowest BCUT2D eigenvalue weighted by molar-refractivity contribution is 0.194. The molecule has 0 saturated carbocycles. The second-order valence-electron chi connectivity index (χ2n) is 6.64. The number of aryl methyl sites for hydroxylation is 3. The van der Waals surface area contributed by atoms with Gasteiger partial charge in [-0.25, -0.2) is 4.79 Å². The van der Waals surface area contributed by atoms with Gasteiger partial charge in [-0.2, -0.15) is 5.10 Å². The van der Waals surface area contributed by atoms with Crippen molar-refractivity contribution in [3.8, 4) is 11.3 Å². The minimum absolute atomic E-state index is 0.307. The van der Waals surface area contributed by atoms with Crippen molar-refractivity contribution >= 4 is 6.09 Å². The Morgan fingerprint density at radius 3 is 2.62 bits per heavy atom. The van der Waals surface area contributed by atoms with Crippen molar-refractivity contribution in [3.05, 3.63) is 76.5 Å². The Hall–Kier alpha value is -3.08. The zero-order valence-electron chi connectivity index (χ0n) is 15.3. The average Bonchev–Trinajstić information content (AvgIpc) is 3.03. The van der Waals surface area contributed by atoms with Gasteiger partial charge < -0.3 is 10.4 Å². The van der Waals surface area contributed by atoms with Gasteiger partial charge in [-0.15, -0.1) is 0 Å². The lowest BCUT2D eigenvalue weighted by Crippen LogP contribution is -2.20. The third kappa shape index (κ3) is 4.11. The Morgan fingerprint density at radius 1 is 1.08 bits per heavy atom. The summed E-state index contributed by atoms with van der Waals surface area (Å²) in [5.74, 6) is 0. The molecule has 0 saturated heterocycles. The number of carboxylic acid groups (broad SMARTS) is 1. The van der Waals surface area contributed by atoms with Crippen LogP contribution in [0.15, 0.2) is 48.7 Å². The molecule has 0 aliphatic heterocycles. The molecular formula is C21H23N3O2. The molecule has 0 fully saturated rings. The third-order valence-electron chi connectivity index (χ3n) is 4.49. The Morgan fingerprint density at radius 2 is 1.88 bits per heavy atom. The first-order valence-corrected chi connectivity index (χ1v) is 8.58. The molecule has 5 heteroatoms. The molecule has 0 bridgehead atoms. The van der Waals surface area contributed by atoms with E-state index in [0.29, 0.717) is 13.1 Å². The van der Waals surface area contributed by atoms with E-state index in [1.54, 1.807) is 0 Å². The predicted octanol–water partition coefficient (Wildman–Crippen LogP) is 4.29. The minimum atomic E-state index is -1.01. The molecule has 0 unspecified atom stereocenters. The standard InChI is InChI=1S/C21H23N3O2/c1-14-4-7-19(16(3)10-14)20-8-9-24(23-20)13-17-6-5-15(2)18(11-17)12-22-21(25)26/h4-11,22H,12-13H2,1-3H3,(H,25,26). The van der Waals surface area contributed by atoms with Crippen molar-refractivity contribution in [3.63, 3.8) is 0 Å². The van der Waals surface area contributed by atoms with Gasteiger partial charge in [-0.05, 0) is 49.1 Å². The molecule has 134 valence electrons. The topological polar surface area (TPSA) is 67.2 Å². The minimum Gasteiger partial charge on any atom is -0.465 e. The van der Waals surface area contributed by atoms with E-state index in [-0.39, 0.29) is 0 Å². The van der Waals surface area contributed by atoms with Crippen molar-refractivity contribution in [2.45, 2.75) is 33.9 Å². The van der Waals surface area contributed by atoms with Gasteiger partial charge in [0.1, 0.15) is 0 Å². The Labute approximate surface area is 153 Å². The summed E-state index contributed by atoms with van der Waals surface area (Å²) in [6.07, 6.45) is 0.962. The number of nitrogens with one attached hydrogen (secondary N) is 1. The van der Waals surface area contributed by atoms with E-state index in [9.17, 15) is 4.79 Å². The molecule has 3 aromatic rings. The van der Waals surface area contributed by atoms with Crippen LogP contribution in [-0.4, -0.2) is 21.0 Å². The van der Waals surface area contributed by atoms with Gasteiger partial charge in [0, 0.05) is 18.3 Å². The van der Waals surface area contributed by atoms with Crippen LogP contribution in [0.3, 0.4) is 0 Å². The molecule has 1 aromatic heterocycles. The molecule has 1 amide bonds. The molecule has 2 aromatic carbocycles. The van der Waals surface area contributed by atoms with E-state index in [2.05, 4.69) is 43.4 Å². The highest BCUT2D eigenvalue weighted by molar-refractivity contribution is 5.64. The fraction of sp³-hybridized carbons (Fsp3) is 0.238. The fourth-order valence-electron chi connectivity index (χ4n) is 3.07. The van der Waals surface area contributed by atoms with E-state index in [1.807, 2.05) is 36.0 Å². The van der Waals surface area contributed by atoms with Crippen molar-refractivity contribution in [1.82, 2.24) is 15.1 Å². The van der Waals surface area contributed by atoms with E-state index in [0.717, 1.165) is 27.9 Å². The average molecular weight is 349 g/mol. The van der Waals surface area contributed by atoms with Crippen LogP contribution in [0.4, 0.5) is 4.79 Å². The largest absolute Gasteiger partial charge is 0.465 e. The first kappa shape index (κ1) is 17.7. The van der Waals surface area contributed by atoms with Crippen LogP contribution < -0.4 is 5.32 Å². The Balaban J connectivity index is 1.79. The summed E-state index contributed by atoms with van der Waals surface area (Å²) in [7, 11) is 0. The van der Waals surface area contributed by atoms with Gasteiger partial charge in [-0.1, -0.05) is 42.0 Å². The molecule has 2 N–H and O–H groups in total. The summed E-state index contributed by atoms with van der Waals surface area (Å²) < 4.78 is 1.91. The molecule has 1 heterocycles. The van der Waals surface area contributed by atoms with Crippen LogP contribution in [0.2, 0.25) is 0 Å². The van der Waals surface area contributed by atoms with Gasteiger partial charge >= 0.3 is 6.09 Å². The monoisotopic (exact) mass is 349 g/mol. The first-order valence-electron chi connectivity index (χ1n) is 8.58. The molecule has 5 nitrogen and oxygen atoms in total. The summed E-state index contributed by atoms with van der Waals surface area (Å²) in [6, 6.07) is 14.5. The quantitative estimate of drug-likeness (QED) is 0.722. The molecule has 0 radical (unpaired) electrons. The van der Waals surface area contributed by atoms with E-state index >= 15 is 0 Å². The number of benzene rings is 2. The third-order valence-corrected chi connectivity index (χ3v) is 4.49. The number of nitrogens with zero attached hydrogens (tertiary/aromatic N) is 2. The van der Waals surface area contributed by atoms with Crippen LogP contribution in [0, 0.1) is 20.8 Å². The van der Waals surface area contributed by atoms with E-state index < -0.39 is 6.09 Å². The SMILES string of the molecule is Cc1ccc(-c2ccn(Cc3ccc(C)c(CNC(=O)O)c3)n2)c(C)c1. The van der Waals surface area contributed by atoms with Gasteiger partial charge in [0.25, 0.3) is 0 Å². The van der Waals surface area contributed by atoms with Crippen molar-refractivity contribution < 1.29 is 9.90 Å². The number of hydrogen-bond donors (Lipinski definition) is 2. The normalized spacial score (nSPS) is 10.7.